The topological polar surface area (TPSA) is 91.8 Å². The lowest BCUT2D eigenvalue weighted by atomic mass is 10.1. The fourth-order valence-electron chi connectivity index (χ4n) is 2.47. The third-order valence-electron chi connectivity index (χ3n) is 3.99. The number of unbranched alkanes of at least 4 members (excludes halogenated alkanes) is 1. The van der Waals surface area contributed by atoms with Crippen molar-refractivity contribution in [3.63, 3.8) is 0 Å². The minimum absolute atomic E-state index is 0.245. The number of benzene rings is 1. The summed E-state index contributed by atoms with van der Waals surface area (Å²) < 4.78 is 32.0. The van der Waals surface area contributed by atoms with E-state index in [1.165, 1.54) is 20.0 Å². The van der Waals surface area contributed by atoms with Gasteiger partial charge in [-0.3, -0.25) is 4.99 Å². The van der Waals surface area contributed by atoms with Crippen molar-refractivity contribution in [3.8, 4) is 0 Å². The molecule has 0 saturated carbocycles. The summed E-state index contributed by atoms with van der Waals surface area (Å²) in [5, 5.41) is 6.51. The normalized spacial score (nSPS) is 12.4. The molecule has 0 fully saturated rings. The minimum atomic E-state index is -3.53. The van der Waals surface area contributed by atoms with Crippen LogP contribution in [0.3, 0.4) is 0 Å². The maximum atomic E-state index is 12.3. The summed E-state index contributed by atoms with van der Waals surface area (Å²) >= 11 is 0. The number of nitrogens with zero attached hydrogens (tertiary/aromatic N) is 1. The molecule has 0 bridgehead atoms. The smallest absolute Gasteiger partial charge is 0.240 e. The maximum absolute atomic E-state index is 12.3. The SMILES string of the molecule is CN=C(NCCCCC(C)C)NCc1cccc(S(=O)(=O)NCCOC)c1. The summed E-state index contributed by atoms with van der Waals surface area (Å²) in [5.41, 5.74) is 0.868. The Kier molecular flexibility index (Phi) is 11.0. The Balaban J connectivity index is 2.51. The Morgan fingerprint density at radius 2 is 1.96 bits per heavy atom. The van der Waals surface area contributed by atoms with Gasteiger partial charge in [-0.1, -0.05) is 38.8 Å². The highest BCUT2D eigenvalue weighted by Crippen LogP contribution is 2.11. The van der Waals surface area contributed by atoms with Crippen LogP contribution in [0.2, 0.25) is 0 Å². The Bertz CT molecular complexity index is 675. The first-order valence-corrected chi connectivity index (χ1v) is 10.9. The third-order valence-corrected chi connectivity index (χ3v) is 5.45. The second-order valence-corrected chi connectivity index (χ2v) is 8.55. The Hall–Kier alpha value is -1.64. The molecular formula is C19H34N4O3S. The van der Waals surface area contributed by atoms with Gasteiger partial charge in [-0.15, -0.1) is 0 Å². The van der Waals surface area contributed by atoms with Crippen LogP contribution in [0, 0.1) is 5.92 Å². The van der Waals surface area contributed by atoms with Crippen molar-refractivity contribution in [2.75, 3.05) is 33.9 Å². The molecule has 0 aliphatic rings. The van der Waals surface area contributed by atoms with E-state index in [0.29, 0.717) is 19.1 Å². The van der Waals surface area contributed by atoms with Crippen molar-refractivity contribution >= 4 is 16.0 Å². The fourth-order valence-corrected chi connectivity index (χ4v) is 3.56. The first kappa shape index (κ1) is 23.4. The molecule has 0 spiro atoms. The lowest BCUT2D eigenvalue weighted by Gasteiger charge is -2.13. The van der Waals surface area contributed by atoms with Gasteiger partial charge in [0.25, 0.3) is 0 Å². The Morgan fingerprint density at radius 1 is 1.19 bits per heavy atom. The summed E-state index contributed by atoms with van der Waals surface area (Å²) in [4.78, 5) is 4.45. The van der Waals surface area contributed by atoms with Crippen LogP contribution in [0.15, 0.2) is 34.2 Å². The average Bonchev–Trinajstić information content (AvgIpc) is 2.64. The van der Waals surface area contributed by atoms with E-state index in [-0.39, 0.29) is 11.4 Å². The number of sulfonamides is 1. The molecule has 7 nitrogen and oxygen atoms in total. The Labute approximate surface area is 164 Å². The van der Waals surface area contributed by atoms with Crippen LogP contribution in [0.4, 0.5) is 0 Å². The van der Waals surface area contributed by atoms with Gasteiger partial charge in [0.2, 0.25) is 10.0 Å². The highest BCUT2D eigenvalue weighted by molar-refractivity contribution is 7.89. The van der Waals surface area contributed by atoms with Gasteiger partial charge in [0, 0.05) is 33.8 Å². The molecule has 1 aromatic carbocycles. The van der Waals surface area contributed by atoms with E-state index in [9.17, 15) is 8.42 Å². The quantitative estimate of drug-likeness (QED) is 0.285. The molecule has 1 aromatic rings. The third kappa shape index (κ3) is 9.74. The predicted octanol–water partition coefficient (Wildman–Crippen LogP) is 2.10. The molecule has 0 radical (unpaired) electrons. The van der Waals surface area contributed by atoms with Crippen molar-refractivity contribution in [2.24, 2.45) is 10.9 Å². The summed E-state index contributed by atoms with van der Waals surface area (Å²) in [5.74, 6) is 1.45. The average molecular weight is 399 g/mol. The summed E-state index contributed by atoms with van der Waals surface area (Å²) in [6.45, 7) is 6.40. The molecule has 0 aliphatic heterocycles. The van der Waals surface area contributed by atoms with Crippen LogP contribution in [0.5, 0.6) is 0 Å². The molecule has 0 heterocycles. The maximum Gasteiger partial charge on any atom is 0.240 e. The molecule has 27 heavy (non-hydrogen) atoms. The van der Waals surface area contributed by atoms with E-state index >= 15 is 0 Å². The number of aliphatic imine (C=N–C) groups is 1. The van der Waals surface area contributed by atoms with Crippen LogP contribution in [-0.4, -0.2) is 48.2 Å². The molecule has 8 heteroatoms. The largest absolute Gasteiger partial charge is 0.383 e. The number of guanidine groups is 1. The van der Waals surface area contributed by atoms with Crippen molar-refractivity contribution in [2.45, 2.75) is 44.6 Å². The molecule has 0 atom stereocenters. The van der Waals surface area contributed by atoms with Gasteiger partial charge >= 0.3 is 0 Å². The lowest BCUT2D eigenvalue weighted by Crippen LogP contribution is -2.37. The number of hydrogen-bond donors (Lipinski definition) is 3. The van der Waals surface area contributed by atoms with Gasteiger partial charge in [0.15, 0.2) is 5.96 Å². The van der Waals surface area contributed by atoms with Crippen LogP contribution >= 0.6 is 0 Å². The number of hydrogen-bond acceptors (Lipinski definition) is 4. The second-order valence-electron chi connectivity index (χ2n) is 6.78. The van der Waals surface area contributed by atoms with Gasteiger partial charge < -0.3 is 15.4 Å². The summed E-state index contributed by atoms with van der Waals surface area (Å²) in [7, 11) is -0.271. The number of rotatable bonds is 12. The van der Waals surface area contributed by atoms with Crippen LogP contribution in [0.1, 0.15) is 38.7 Å². The molecular weight excluding hydrogens is 364 g/mol. The van der Waals surface area contributed by atoms with E-state index in [2.05, 4.69) is 34.2 Å². The summed E-state index contributed by atoms with van der Waals surface area (Å²) in [6.07, 6.45) is 3.52. The van der Waals surface area contributed by atoms with Crippen molar-refractivity contribution in [1.29, 1.82) is 0 Å². The van der Waals surface area contributed by atoms with Crippen LogP contribution in [-0.2, 0) is 21.3 Å². The number of methoxy groups -OCH3 is 1. The van der Waals surface area contributed by atoms with E-state index < -0.39 is 10.0 Å². The monoisotopic (exact) mass is 398 g/mol. The molecule has 0 saturated heterocycles. The van der Waals surface area contributed by atoms with Crippen LogP contribution < -0.4 is 15.4 Å². The highest BCUT2D eigenvalue weighted by atomic mass is 32.2. The second kappa shape index (κ2) is 12.7. The van der Waals surface area contributed by atoms with Gasteiger partial charge in [-0.05, 0) is 30.0 Å². The van der Waals surface area contributed by atoms with Crippen molar-refractivity contribution < 1.29 is 13.2 Å². The zero-order valence-corrected chi connectivity index (χ0v) is 17.7. The fraction of sp³-hybridized carbons (Fsp3) is 0.632. The van der Waals surface area contributed by atoms with Crippen molar-refractivity contribution in [3.05, 3.63) is 29.8 Å². The molecule has 1 rings (SSSR count). The Morgan fingerprint density at radius 3 is 2.63 bits per heavy atom. The first-order valence-electron chi connectivity index (χ1n) is 9.41. The molecule has 0 aromatic heterocycles. The zero-order valence-electron chi connectivity index (χ0n) is 16.9. The standard InChI is InChI=1S/C19H34N4O3S/c1-16(2)8-5-6-11-21-19(20-3)22-15-17-9-7-10-18(14-17)27(24,25)23-12-13-26-4/h7,9-10,14,16,23H,5-6,8,11-13,15H2,1-4H3,(H2,20,21,22). The summed E-state index contributed by atoms with van der Waals surface area (Å²) in [6, 6.07) is 6.87. The van der Waals surface area contributed by atoms with E-state index in [0.717, 1.165) is 24.4 Å². The van der Waals surface area contributed by atoms with Gasteiger partial charge in [0.1, 0.15) is 0 Å². The molecule has 3 N–H and O–H groups in total. The molecule has 154 valence electrons. The molecule has 0 amide bonds. The van der Waals surface area contributed by atoms with E-state index in [4.69, 9.17) is 4.74 Å². The molecule has 0 aliphatic carbocycles. The lowest BCUT2D eigenvalue weighted by molar-refractivity contribution is 0.204. The molecule has 0 unspecified atom stereocenters. The van der Waals surface area contributed by atoms with Gasteiger partial charge in [-0.2, -0.15) is 0 Å². The minimum Gasteiger partial charge on any atom is -0.383 e. The number of ether oxygens (including phenoxy) is 1. The van der Waals surface area contributed by atoms with Crippen LogP contribution in [0.25, 0.3) is 0 Å². The first-order chi connectivity index (χ1) is 12.9. The zero-order chi connectivity index (χ0) is 20.1. The number of nitrogens with one attached hydrogen (secondary N) is 3. The van der Waals surface area contributed by atoms with E-state index in [1.54, 1.807) is 25.2 Å². The van der Waals surface area contributed by atoms with Gasteiger partial charge in [0.05, 0.1) is 11.5 Å². The highest BCUT2D eigenvalue weighted by Gasteiger charge is 2.13. The predicted molar refractivity (Wildman–Crippen MR) is 110 cm³/mol. The van der Waals surface area contributed by atoms with Gasteiger partial charge in [-0.25, -0.2) is 13.1 Å². The van der Waals surface area contributed by atoms with Crippen molar-refractivity contribution in [1.82, 2.24) is 15.4 Å². The van der Waals surface area contributed by atoms with E-state index in [1.807, 2.05) is 6.07 Å².